The van der Waals surface area contributed by atoms with Gasteiger partial charge in [0.05, 0.1) is 22.6 Å². The third kappa shape index (κ3) is 4.88. The van der Waals surface area contributed by atoms with Crippen molar-refractivity contribution in [2.45, 2.75) is 0 Å². The first-order valence-corrected chi connectivity index (χ1v) is 11.6. The van der Waals surface area contributed by atoms with Crippen LogP contribution in [-0.2, 0) is 11.2 Å². The molecule has 162 valence electrons. The van der Waals surface area contributed by atoms with E-state index in [2.05, 4.69) is 9.88 Å². The zero-order valence-electron chi connectivity index (χ0n) is 17.2. The molecule has 0 bridgehead atoms. The Hall–Kier alpha value is -2.10. The molecule has 3 heterocycles. The molecule has 10 heteroatoms. The smallest absolute Gasteiger partial charge is 0.172 e. The Balaban J connectivity index is 1.68. The largest absolute Gasteiger partial charge is 0.353 e. The van der Waals surface area contributed by atoms with Crippen molar-refractivity contribution in [3.63, 3.8) is 0 Å². The summed E-state index contributed by atoms with van der Waals surface area (Å²) in [6.45, 7) is 2.79. The molecular weight excluding hydrogens is 455 g/mol. The average molecular weight is 477 g/mol. The summed E-state index contributed by atoms with van der Waals surface area (Å²) in [5, 5.41) is 1.17. The van der Waals surface area contributed by atoms with E-state index in [9.17, 15) is 4.21 Å². The number of nitrogens with zero attached hydrogens (tertiary/aromatic N) is 6. The molecule has 7 nitrogen and oxygen atoms in total. The topological polar surface area (TPSA) is 65.5 Å². The molecule has 3 aromatic rings. The van der Waals surface area contributed by atoms with Crippen molar-refractivity contribution in [3.8, 4) is 22.5 Å². The monoisotopic (exact) mass is 476 g/mol. The second-order valence-electron chi connectivity index (χ2n) is 7.25. The summed E-state index contributed by atoms with van der Waals surface area (Å²) in [7, 11) is 3.63. The maximum Gasteiger partial charge on any atom is 0.172 e. The highest BCUT2D eigenvalue weighted by Gasteiger charge is 2.24. The van der Waals surface area contributed by atoms with Crippen LogP contribution in [0, 0.1) is 0 Å². The summed E-state index contributed by atoms with van der Waals surface area (Å²) < 4.78 is 16.0. The standard InChI is InChI=1S/C21H22Cl2N6OS/c1-27(2)31(30)29-11-9-28(10-12-29)19-14-25-21(17-7-8-24-13-18(17)23)20(26-19)15-3-5-16(22)6-4-15/h3-8,13-14H,9-12H2,1-2H3. The van der Waals surface area contributed by atoms with Gasteiger partial charge >= 0.3 is 0 Å². The molecule has 0 saturated carbocycles. The van der Waals surface area contributed by atoms with E-state index in [0.717, 1.165) is 22.6 Å². The van der Waals surface area contributed by atoms with E-state index in [1.807, 2.05) is 48.7 Å². The Morgan fingerprint density at radius 2 is 1.68 bits per heavy atom. The Morgan fingerprint density at radius 3 is 2.32 bits per heavy atom. The van der Waals surface area contributed by atoms with Crippen LogP contribution in [0.1, 0.15) is 0 Å². The Kier molecular flexibility index (Phi) is 6.83. The number of hydrogen-bond donors (Lipinski definition) is 0. The van der Waals surface area contributed by atoms with Crippen LogP contribution >= 0.6 is 23.2 Å². The van der Waals surface area contributed by atoms with Crippen molar-refractivity contribution in [2.24, 2.45) is 0 Å². The lowest BCUT2D eigenvalue weighted by Crippen LogP contribution is -2.49. The minimum absolute atomic E-state index is 0.513. The van der Waals surface area contributed by atoms with Gasteiger partial charge in [0.15, 0.2) is 11.2 Å². The first kappa shape index (κ1) is 22.1. The number of pyridine rings is 1. The minimum atomic E-state index is -1.13. The number of hydrogen-bond acceptors (Lipinski definition) is 5. The van der Waals surface area contributed by atoms with Gasteiger partial charge in [0.2, 0.25) is 0 Å². The van der Waals surface area contributed by atoms with Crippen LogP contribution in [0.15, 0.2) is 48.9 Å². The SMILES string of the molecule is CN(C)S(=O)N1CCN(c2cnc(-c3ccncc3Cl)c(-c3ccc(Cl)cc3)n2)CC1. The van der Waals surface area contributed by atoms with E-state index in [4.69, 9.17) is 33.2 Å². The molecule has 1 fully saturated rings. The Bertz CT molecular complexity index is 1090. The normalized spacial score (nSPS) is 16.0. The van der Waals surface area contributed by atoms with Gasteiger partial charge in [-0.15, -0.1) is 0 Å². The van der Waals surface area contributed by atoms with Gasteiger partial charge in [-0.2, -0.15) is 0 Å². The number of aromatic nitrogens is 3. The zero-order chi connectivity index (χ0) is 22.0. The molecule has 4 rings (SSSR count). The van der Waals surface area contributed by atoms with E-state index in [1.54, 1.807) is 22.9 Å². The Labute approximate surface area is 194 Å². The predicted octanol–water partition coefficient (Wildman–Crippen LogP) is 3.77. The maximum absolute atomic E-state index is 12.3. The van der Waals surface area contributed by atoms with Gasteiger partial charge < -0.3 is 4.90 Å². The highest BCUT2D eigenvalue weighted by molar-refractivity contribution is 7.80. The predicted molar refractivity (Wildman–Crippen MR) is 126 cm³/mol. The molecule has 1 aliphatic heterocycles. The van der Waals surface area contributed by atoms with E-state index < -0.39 is 11.2 Å². The fourth-order valence-corrected chi connectivity index (χ4v) is 4.68. The van der Waals surface area contributed by atoms with Gasteiger partial charge in [0.1, 0.15) is 5.82 Å². The second kappa shape index (κ2) is 9.58. The lowest BCUT2D eigenvalue weighted by molar-refractivity contribution is 0.388. The van der Waals surface area contributed by atoms with Crippen LogP contribution in [0.2, 0.25) is 10.0 Å². The fourth-order valence-electron chi connectivity index (χ4n) is 3.41. The van der Waals surface area contributed by atoms with E-state index in [-0.39, 0.29) is 0 Å². The minimum Gasteiger partial charge on any atom is -0.353 e. The lowest BCUT2D eigenvalue weighted by Gasteiger charge is -2.35. The molecule has 0 N–H and O–H groups in total. The second-order valence-corrected chi connectivity index (χ2v) is 9.80. The first-order chi connectivity index (χ1) is 14.9. The first-order valence-electron chi connectivity index (χ1n) is 9.76. The molecule has 1 saturated heterocycles. The lowest BCUT2D eigenvalue weighted by atomic mass is 10.0. The van der Waals surface area contributed by atoms with Crippen LogP contribution in [0.3, 0.4) is 0 Å². The third-order valence-corrected chi connectivity index (χ3v) is 6.99. The van der Waals surface area contributed by atoms with Crippen LogP contribution in [-0.4, -0.2) is 68.0 Å². The van der Waals surface area contributed by atoms with Gasteiger partial charge in [-0.05, 0) is 18.2 Å². The molecule has 0 spiro atoms. The molecule has 1 aliphatic rings. The quantitative estimate of drug-likeness (QED) is 0.560. The molecule has 1 atom stereocenters. The van der Waals surface area contributed by atoms with Crippen molar-refractivity contribution < 1.29 is 4.21 Å². The van der Waals surface area contributed by atoms with Gasteiger partial charge in [0, 0.05) is 68.8 Å². The molecule has 0 radical (unpaired) electrons. The average Bonchev–Trinajstić information content (AvgIpc) is 2.79. The van der Waals surface area contributed by atoms with Gasteiger partial charge in [0.25, 0.3) is 0 Å². The molecule has 2 aromatic heterocycles. The summed E-state index contributed by atoms with van der Waals surface area (Å²) in [6, 6.07) is 9.34. The van der Waals surface area contributed by atoms with E-state index >= 15 is 0 Å². The van der Waals surface area contributed by atoms with Crippen molar-refractivity contribution in [1.29, 1.82) is 0 Å². The molecule has 0 amide bonds. The summed E-state index contributed by atoms with van der Waals surface area (Å²) >= 11 is 11.4. The van der Waals surface area contributed by atoms with Crippen LogP contribution < -0.4 is 4.90 Å². The van der Waals surface area contributed by atoms with Gasteiger partial charge in [-0.3, -0.25) is 9.97 Å². The Morgan fingerprint density at radius 1 is 0.968 bits per heavy atom. The van der Waals surface area contributed by atoms with Crippen LogP contribution in [0.4, 0.5) is 5.82 Å². The molecule has 1 aromatic carbocycles. The van der Waals surface area contributed by atoms with Gasteiger partial charge in [-0.25, -0.2) is 17.8 Å². The van der Waals surface area contributed by atoms with E-state index in [0.29, 0.717) is 41.9 Å². The van der Waals surface area contributed by atoms with Crippen molar-refractivity contribution >= 4 is 40.2 Å². The number of benzene rings is 1. The number of anilines is 1. The van der Waals surface area contributed by atoms with Crippen LogP contribution in [0.25, 0.3) is 22.5 Å². The van der Waals surface area contributed by atoms with E-state index in [1.165, 1.54) is 0 Å². The molecule has 1 unspecified atom stereocenters. The number of piperazine rings is 1. The van der Waals surface area contributed by atoms with Crippen molar-refractivity contribution in [2.75, 3.05) is 45.2 Å². The molecule has 0 aliphatic carbocycles. The number of rotatable bonds is 5. The fraction of sp³-hybridized carbons (Fsp3) is 0.286. The van der Waals surface area contributed by atoms with Crippen molar-refractivity contribution in [3.05, 3.63) is 59.0 Å². The highest BCUT2D eigenvalue weighted by atomic mass is 35.5. The van der Waals surface area contributed by atoms with Crippen molar-refractivity contribution in [1.82, 2.24) is 23.6 Å². The highest BCUT2D eigenvalue weighted by Crippen LogP contribution is 2.34. The molecule has 31 heavy (non-hydrogen) atoms. The van der Waals surface area contributed by atoms with Gasteiger partial charge in [-0.1, -0.05) is 35.3 Å². The number of halogens is 2. The maximum atomic E-state index is 12.3. The molecular formula is C21H22Cl2N6OS. The zero-order valence-corrected chi connectivity index (χ0v) is 19.5. The third-order valence-electron chi connectivity index (χ3n) is 5.00. The summed E-state index contributed by atoms with van der Waals surface area (Å²) in [5.41, 5.74) is 3.08. The summed E-state index contributed by atoms with van der Waals surface area (Å²) in [6.07, 6.45) is 5.05. The summed E-state index contributed by atoms with van der Waals surface area (Å²) in [4.78, 5) is 15.9. The summed E-state index contributed by atoms with van der Waals surface area (Å²) in [5.74, 6) is 0.772. The van der Waals surface area contributed by atoms with Crippen LogP contribution in [0.5, 0.6) is 0 Å².